The molecule has 0 saturated carbocycles. The van der Waals surface area contributed by atoms with Gasteiger partial charge in [0.15, 0.2) is 15.0 Å². The maximum absolute atomic E-state index is 11.7. The highest BCUT2D eigenvalue weighted by Crippen LogP contribution is 2.34. The Balaban J connectivity index is 2.02. The first-order valence-corrected chi connectivity index (χ1v) is 8.87. The van der Waals surface area contributed by atoms with Gasteiger partial charge in [-0.2, -0.15) is 0 Å². The first kappa shape index (κ1) is 14.0. The van der Waals surface area contributed by atoms with Crippen LogP contribution < -0.4 is 5.73 Å². The van der Waals surface area contributed by atoms with Crippen molar-refractivity contribution in [3.63, 3.8) is 0 Å². The molecule has 7 heteroatoms. The van der Waals surface area contributed by atoms with E-state index in [1.165, 1.54) is 17.8 Å². The molecule has 1 aromatic heterocycles. The zero-order valence-electron chi connectivity index (χ0n) is 11.2. The van der Waals surface area contributed by atoms with Crippen molar-refractivity contribution in [2.24, 2.45) is 0 Å². The molecule has 1 heterocycles. The lowest BCUT2D eigenvalue weighted by molar-refractivity contribution is 0.602. The van der Waals surface area contributed by atoms with E-state index in [0.717, 1.165) is 17.3 Å². The number of aromatic amines is 1. The van der Waals surface area contributed by atoms with Gasteiger partial charge in [0.25, 0.3) is 0 Å². The Morgan fingerprint density at radius 2 is 1.90 bits per heavy atom. The third-order valence-electron chi connectivity index (χ3n) is 3.00. The van der Waals surface area contributed by atoms with Gasteiger partial charge >= 0.3 is 0 Å². The molecule has 3 aromatic rings. The number of sulfone groups is 1. The lowest BCUT2D eigenvalue weighted by atomic mass is 10.3. The number of nitrogens with zero attached hydrogens (tertiary/aromatic N) is 1. The van der Waals surface area contributed by atoms with Crippen LogP contribution in [-0.4, -0.2) is 24.6 Å². The highest BCUT2D eigenvalue weighted by atomic mass is 32.2. The predicted octanol–water partition coefficient (Wildman–Crippen LogP) is 2.70. The molecule has 5 nitrogen and oxygen atoms in total. The number of nitrogens with one attached hydrogen (secondary N) is 1. The lowest BCUT2D eigenvalue weighted by Gasteiger charge is -2.07. The summed E-state index contributed by atoms with van der Waals surface area (Å²) < 4.78 is 23.4. The molecule has 0 saturated heterocycles. The van der Waals surface area contributed by atoms with Crippen molar-refractivity contribution in [2.45, 2.75) is 14.9 Å². The van der Waals surface area contributed by atoms with E-state index >= 15 is 0 Å². The average Bonchev–Trinajstić information content (AvgIpc) is 2.82. The molecule has 3 rings (SSSR count). The van der Waals surface area contributed by atoms with Gasteiger partial charge in [-0.3, -0.25) is 0 Å². The van der Waals surface area contributed by atoms with Crippen molar-refractivity contribution in [1.82, 2.24) is 9.97 Å². The Labute approximate surface area is 126 Å². The monoisotopic (exact) mass is 319 g/mol. The van der Waals surface area contributed by atoms with Crippen molar-refractivity contribution in [3.05, 3.63) is 42.5 Å². The molecular weight excluding hydrogens is 306 g/mol. The summed E-state index contributed by atoms with van der Waals surface area (Å²) in [6.45, 7) is 0. The molecule has 2 aromatic carbocycles. The molecule has 0 unspecified atom stereocenters. The van der Waals surface area contributed by atoms with Crippen LogP contribution in [0.15, 0.2) is 57.4 Å². The second-order valence-corrected chi connectivity index (χ2v) is 7.62. The van der Waals surface area contributed by atoms with Crippen LogP contribution in [0.5, 0.6) is 0 Å². The molecule has 0 aliphatic carbocycles. The van der Waals surface area contributed by atoms with Crippen molar-refractivity contribution >= 4 is 38.3 Å². The fourth-order valence-electron chi connectivity index (χ4n) is 2.02. The van der Waals surface area contributed by atoms with Crippen LogP contribution in [0.1, 0.15) is 0 Å². The van der Waals surface area contributed by atoms with Crippen LogP contribution in [0.3, 0.4) is 0 Å². The first-order chi connectivity index (χ1) is 9.95. The second-order valence-electron chi connectivity index (χ2n) is 4.60. The highest BCUT2D eigenvalue weighted by Gasteiger charge is 2.15. The molecule has 3 N–H and O–H groups in total. The molecule has 0 atom stereocenters. The Morgan fingerprint density at radius 3 is 2.62 bits per heavy atom. The zero-order valence-corrected chi connectivity index (χ0v) is 12.8. The zero-order chi connectivity index (χ0) is 15.0. The van der Waals surface area contributed by atoms with Crippen LogP contribution in [0.2, 0.25) is 0 Å². The SMILES string of the molecule is CS(=O)(=O)c1cccc(Sc2nc3ccccc3[nH]2)c1N. The summed E-state index contributed by atoms with van der Waals surface area (Å²) >= 11 is 1.31. The summed E-state index contributed by atoms with van der Waals surface area (Å²) in [5, 5.41) is 0.675. The normalized spacial score (nSPS) is 11.9. The van der Waals surface area contributed by atoms with Gasteiger partial charge in [0, 0.05) is 11.2 Å². The number of imidazole rings is 1. The molecule has 0 fully saturated rings. The van der Waals surface area contributed by atoms with Crippen LogP contribution in [0.25, 0.3) is 11.0 Å². The molecule has 0 spiro atoms. The highest BCUT2D eigenvalue weighted by molar-refractivity contribution is 7.99. The average molecular weight is 319 g/mol. The van der Waals surface area contributed by atoms with Crippen molar-refractivity contribution < 1.29 is 8.42 Å². The van der Waals surface area contributed by atoms with Gasteiger partial charge in [-0.1, -0.05) is 18.2 Å². The number of nitrogen functional groups attached to an aromatic ring is 1. The Kier molecular flexibility index (Phi) is 3.38. The second kappa shape index (κ2) is 5.09. The minimum absolute atomic E-state index is 0.142. The first-order valence-electron chi connectivity index (χ1n) is 6.16. The van der Waals surface area contributed by atoms with E-state index in [2.05, 4.69) is 9.97 Å². The van der Waals surface area contributed by atoms with Crippen molar-refractivity contribution in [1.29, 1.82) is 0 Å². The summed E-state index contributed by atoms with van der Waals surface area (Å²) in [7, 11) is -3.34. The van der Waals surface area contributed by atoms with E-state index in [1.54, 1.807) is 12.1 Å². The lowest BCUT2D eigenvalue weighted by Crippen LogP contribution is -2.03. The van der Waals surface area contributed by atoms with E-state index < -0.39 is 9.84 Å². The van der Waals surface area contributed by atoms with Gasteiger partial charge in [0.2, 0.25) is 0 Å². The van der Waals surface area contributed by atoms with E-state index in [4.69, 9.17) is 5.73 Å². The van der Waals surface area contributed by atoms with Gasteiger partial charge in [-0.25, -0.2) is 13.4 Å². The smallest absolute Gasteiger partial charge is 0.177 e. The summed E-state index contributed by atoms with van der Waals surface area (Å²) in [5.41, 5.74) is 8.01. The number of nitrogens with two attached hydrogens (primary N) is 1. The molecule has 0 aliphatic heterocycles. The number of para-hydroxylation sites is 3. The predicted molar refractivity (Wildman–Crippen MR) is 84.2 cm³/mol. The standard InChI is InChI=1S/C14H13N3O2S2/c1-21(18,19)12-8-4-7-11(13(12)15)20-14-16-9-5-2-3-6-10(9)17-14/h2-8H,15H2,1H3,(H,16,17). The molecule has 0 aliphatic rings. The van der Waals surface area contributed by atoms with Gasteiger partial charge in [0.1, 0.15) is 0 Å². The van der Waals surface area contributed by atoms with Gasteiger partial charge in [-0.05, 0) is 36.0 Å². The molecular formula is C14H13N3O2S2. The van der Waals surface area contributed by atoms with Crippen LogP contribution in [0, 0.1) is 0 Å². The van der Waals surface area contributed by atoms with Crippen molar-refractivity contribution in [3.8, 4) is 0 Å². The van der Waals surface area contributed by atoms with Gasteiger partial charge in [0.05, 0.1) is 21.6 Å². The molecule has 0 bridgehead atoms. The quantitative estimate of drug-likeness (QED) is 0.725. The topological polar surface area (TPSA) is 88.8 Å². The van der Waals surface area contributed by atoms with E-state index in [-0.39, 0.29) is 10.6 Å². The summed E-state index contributed by atoms with van der Waals surface area (Å²) in [5.74, 6) is 0. The summed E-state index contributed by atoms with van der Waals surface area (Å²) in [6, 6.07) is 12.6. The third-order valence-corrected chi connectivity index (χ3v) is 5.12. The number of hydrogen-bond donors (Lipinski definition) is 2. The molecule has 0 radical (unpaired) electrons. The van der Waals surface area contributed by atoms with E-state index in [1.807, 2.05) is 24.3 Å². The Hall–Kier alpha value is -1.99. The van der Waals surface area contributed by atoms with Crippen LogP contribution >= 0.6 is 11.8 Å². The number of anilines is 1. The van der Waals surface area contributed by atoms with Crippen LogP contribution in [0.4, 0.5) is 5.69 Å². The van der Waals surface area contributed by atoms with Crippen LogP contribution in [-0.2, 0) is 9.84 Å². The maximum atomic E-state index is 11.7. The fraction of sp³-hybridized carbons (Fsp3) is 0.0714. The number of benzene rings is 2. The van der Waals surface area contributed by atoms with Crippen molar-refractivity contribution in [2.75, 3.05) is 12.0 Å². The largest absolute Gasteiger partial charge is 0.397 e. The third kappa shape index (κ3) is 2.74. The number of aromatic nitrogens is 2. The van der Waals surface area contributed by atoms with E-state index in [9.17, 15) is 8.42 Å². The maximum Gasteiger partial charge on any atom is 0.177 e. The minimum Gasteiger partial charge on any atom is -0.397 e. The summed E-state index contributed by atoms with van der Waals surface area (Å²) in [6.07, 6.45) is 1.15. The molecule has 108 valence electrons. The molecule has 21 heavy (non-hydrogen) atoms. The number of H-pyrrole nitrogens is 1. The van der Waals surface area contributed by atoms with Gasteiger partial charge in [-0.15, -0.1) is 0 Å². The van der Waals surface area contributed by atoms with E-state index in [0.29, 0.717) is 10.1 Å². The van der Waals surface area contributed by atoms with Gasteiger partial charge < -0.3 is 10.7 Å². The summed E-state index contributed by atoms with van der Waals surface area (Å²) in [4.78, 5) is 8.43. The molecule has 0 amide bonds. The number of fused-ring (bicyclic) bond motifs is 1. The fourth-order valence-corrected chi connectivity index (χ4v) is 3.80. The minimum atomic E-state index is -3.34. The Morgan fingerprint density at radius 1 is 1.14 bits per heavy atom. The number of rotatable bonds is 3. The number of hydrogen-bond acceptors (Lipinski definition) is 5. The Bertz CT molecular complexity index is 884.